The van der Waals surface area contributed by atoms with Crippen molar-refractivity contribution in [2.24, 2.45) is 0 Å². The van der Waals surface area contributed by atoms with Crippen molar-refractivity contribution < 1.29 is 9.59 Å². The number of fused-ring (bicyclic) bond motifs is 1. The van der Waals surface area contributed by atoms with Crippen LogP contribution in [0, 0.1) is 0 Å². The van der Waals surface area contributed by atoms with Crippen LogP contribution < -0.4 is 5.32 Å². The number of piperidine rings is 1. The van der Waals surface area contributed by atoms with Crippen molar-refractivity contribution >= 4 is 11.8 Å². The summed E-state index contributed by atoms with van der Waals surface area (Å²) in [5.41, 5.74) is 1.39. The van der Waals surface area contributed by atoms with Crippen LogP contribution >= 0.6 is 0 Å². The van der Waals surface area contributed by atoms with E-state index in [4.69, 9.17) is 0 Å². The smallest absolute Gasteiger partial charge is 0.289 e. The van der Waals surface area contributed by atoms with Gasteiger partial charge in [0.2, 0.25) is 0 Å². The van der Waals surface area contributed by atoms with E-state index in [0.29, 0.717) is 11.5 Å². The van der Waals surface area contributed by atoms with Crippen LogP contribution in [0.2, 0.25) is 0 Å². The van der Waals surface area contributed by atoms with Gasteiger partial charge < -0.3 is 14.8 Å². The van der Waals surface area contributed by atoms with Gasteiger partial charge in [-0.3, -0.25) is 9.59 Å². The third-order valence-electron chi connectivity index (χ3n) is 5.16. The highest BCUT2D eigenvalue weighted by Crippen LogP contribution is 2.23. The van der Waals surface area contributed by atoms with Crippen molar-refractivity contribution in [2.75, 3.05) is 13.1 Å². The molecule has 132 valence electrons. The molecule has 0 radical (unpaired) electrons. The molecule has 1 aromatic heterocycles. The molecule has 2 aliphatic rings. The summed E-state index contributed by atoms with van der Waals surface area (Å²) in [6.07, 6.45) is 7.08. The molecular weight excluding hydrogens is 304 g/mol. The highest BCUT2D eigenvalue weighted by Gasteiger charge is 2.30. The van der Waals surface area contributed by atoms with E-state index in [9.17, 15) is 9.59 Å². The lowest BCUT2D eigenvalue weighted by Crippen LogP contribution is -2.37. The van der Waals surface area contributed by atoms with Gasteiger partial charge in [-0.15, -0.1) is 0 Å². The molecule has 1 aromatic rings. The van der Waals surface area contributed by atoms with Crippen LogP contribution in [-0.4, -0.2) is 45.4 Å². The highest BCUT2D eigenvalue weighted by atomic mass is 16.2. The molecular formula is C18H28N4O2. The average molecular weight is 332 g/mol. The normalized spacial score (nSPS) is 18.8. The summed E-state index contributed by atoms with van der Waals surface area (Å²) >= 11 is 0. The first kappa shape index (κ1) is 17.0. The van der Waals surface area contributed by atoms with Gasteiger partial charge in [0, 0.05) is 25.7 Å². The number of likely N-dealkylation sites (tertiary alicyclic amines) is 1. The number of aromatic nitrogens is 2. The summed E-state index contributed by atoms with van der Waals surface area (Å²) in [5, 5.41) is 2.99. The van der Waals surface area contributed by atoms with Gasteiger partial charge in [-0.25, -0.2) is 4.98 Å². The van der Waals surface area contributed by atoms with Crippen LogP contribution in [0.4, 0.5) is 0 Å². The summed E-state index contributed by atoms with van der Waals surface area (Å²) in [5.74, 6) is 0.300. The second kappa shape index (κ2) is 7.36. The Morgan fingerprint density at radius 3 is 2.54 bits per heavy atom. The van der Waals surface area contributed by atoms with Crippen molar-refractivity contribution in [3.63, 3.8) is 0 Å². The molecule has 24 heavy (non-hydrogen) atoms. The maximum absolute atomic E-state index is 12.9. The highest BCUT2D eigenvalue weighted by molar-refractivity contribution is 5.97. The lowest BCUT2D eigenvalue weighted by atomic mass is 10.1. The molecule has 2 aliphatic heterocycles. The molecule has 0 aromatic carbocycles. The van der Waals surface area contributed by atoms with Crippen LogP contribution in [0.5, 0.6) is 0 Å². The first-order valence-corrected chi connectivity index (χ1v) is 9.31. The lowest BCUT2D eigenvalue weighted by Gasteiger charge is -2.27. The molecule has 1 unspecified atom stereocenters. The van der Waals surface area contributed by atoms with Crippen LogP contribution in [0.3, 0.4) is 0 Å². The number of nitrogens with one attached hydrogen (secondary N) is 1. The number of rotatable bonds is 4. The van der Waals surface area contributed by atoms with E-state index in [2.05, 4.69) is 10.3 Å². The van der Waals surface area contributed by atoms with Gasteiger partial charge in [0.1, 0.15) is 5.69 Å². The Morgan fingerprint density at radius 1 is 1.12 bits per heavy atom. The Balaban J connectivity index is 1.89. The Labute approximate surface area is 143 Å². The number of hydrogen-bond acceptors (Lipinski definition) is 3. The number of amides is 2. The molecule has 3 rings (SSSR count). The van der Waals surface area contributed by atoms with Gasteiger partial charge in [0.25, 0.3) is 11.8 Å². The Bertz CT molecular complexity index is 617. The fourth-order valence-corrected chi connectivity index (χ4v) is 3.52. The van der Waals surface area contributed by atoms with E-state index < -0.39 is 0 Å². The standard InChI is InChI=1S/C18H28N4O2/c1-3-13(2)19-17(23)15-14-9-5-8-12-22(14)16(20-15)18(24)21-10-6-4-7-11-21/h13H,3-12H2,1-2H3,(H,19,23). The SMILES string of the molecule is CCC(C)NC(=O)c1nc(C(=O)N2CCCCC2)n2c1CCCC2. The van der Waals surface area contributed by atoms with E-state index >= 15 is 0 Å². The minimum Gasteiger partial charge on any atom is -0.348 e. The number of carbonyl (C=O) groups excluding carboxylic acids is 2. The van der Waals surface area contributed by atoms with Gasteiger partial charge in [-0.1, -0.05) is 6.92 Å². The summed E-state index contributed by atoms with van der Waals surface area (Å²) in [6.45, 7) is 6.41. The summed E-state index contributed by atoms with van der Waals surface area (Å²) in [4.78, 5) is 31.9. The fraction of sp³-hybridized carbons (Fsp3) is 0.722. The number of hydrogen-bond donors (Lipinski definition) is 1. The third kappa shape index (κ3) is 3.32. The second-order valence-electron chi connectivity index (χ2n) is 6.98. The molecule has 6 nitrogen and oxygen atoms in total. The molecule has 0 bridgehead atoms. The fourth-order valence-electron chi connectivity index (χ4n) is 3.52. The Hall–Kier alpha value is -1.85. The first-order valence-electron chi connectivity index (χ1n) is 9.31. The molecule has 1 N–H and O–H groups in total. The molecule has 0 saturated carbocycles. The predicted molar refractivity (Wildman–Crippen MR) is 92.1 cm³/mol. The minimum absolute atomic E-state index is 0.0135. The van der Waals surface area contributed by atoms with Crippen LogP contribution in [0.1, 0.15) is 79.2 Å². The number of nitrogens with zero attached hydrogens (tertiary/aromatic N) is 3. The van der Waals surface area contributed by atoms with Gasteiger partial charge in [-0.2, -0.15) is 0 Å². The van der Waals surface area contributed by atoms with Gasteiger partial charge in [0.05, 0.1) is 5.69 Å². The zero-order valence-electron chi connectivity index (χ0n) is 14.8. The monoisotopic (exact) mass is 332 g/mol. The molecule has 0 aliphatic carbocycles. The van der Waals surface area contributed by atoms with Gasteiger partial charge in [0.15, 0.2) is 5.82 Å². The maximum atomic E-state index is 12.9. The predicted octanol–water partition coefficient (Wildman–Crippen LogP) is 2.37. The summed E-state index contributed by atoms with van der Waals surface area (Å²) < 4.78 is 1.99. The number of carbonyl (C=O) groups is 2. The van der Waals surface area contributed by atoms with Crippen molar-refractivity contribution in [1.29, 1.82) is 0 Å². The number of imidazole rings is 1. The topological polar surface area (TPSA) is 67.2 Å². The first-order chi connectivity index (χ1) is 11.6. The van der Waals surface area contributed by atoms with E-state index in [1.54, 1.807) is 0 Å². The lowest BCUT2D eigenvalue weighted by molar-refractivity contribution is 0.0705. The van der Waals surface area contributed by atoms with Crippen LogP contribution in [0.25, 0.3) is 0 Å². The summed E-state index contributed by atoms with van der Waals surface area (Å²) in [7, 11) is 0. The average Bonchev–Trinajstić information content (AvgIpc) is 3.01. The van der Waals surface area contributed by atoms with E-state index in [0.717, 1.165) is 63.9 Å². The zero-order valence-corrected chi connectivity index (χ0v) is 14.8. The molecule has 0 spiro atoms. The quantitative estimate of drug-likeness (QED) is 0.920. The maximum Gasteiger partial charge on any atom is 0.289 e. The van der Waals surface area contributed by atoms with Crippen LogP contribution in [0.15, 0.2) is 0 Å². The van der Waals surface area contributed by atoms with E-state index in [-0.39, 0.29) is 17.9 Å². The van der Waals surface area contributed by atoms with Crippen molar-refractivity contribution in [3.8, 4) is 0 Å². The Morgan fingerprint density at radius 2 is 1.83 bits per heavy atom. The minimum atomic E-state index is -0.146. The molecule has 1 atom stereocenters. The van der Waals surface area contributed by atoms with Crippen molar-refractivity contribution in [3.05, 3.63) is 17.2 Å². The van der Waals surface area contributed by atoms with Crippen molar-refractivity contribution in [1.82, 2.24) is 19.8 Å². The molecule has 1 saturated heterocycles. The molecule has 2 amide bonds. The zero-order chi connectivity index (χ0) is 17.1. The van der Waals surface area contributed by atoms with Gasteiger partial charge >= 0.3 is 0 Å². The largest absolute Gasteiger partial charge is 0.348 e. The molecule has 6 heteroatoms. The molecule has 3 heterocycles. The molecule has 1 fully saturated rings. The van der Waals surface area contributed by atoms with Crippen LogP contribution in [-0.2, 0) is 13.0 Å². The van der Waals surface area contributed by atoms with E-state index in [1.807, 2.05) is 23.3 Å². The summed E-state index contributed by atoms with van der Waals surface area (Å²) in [6, 6.07) is 0.111. The Kier molecular flexibility index (Phi) is 5.21. The van der Waals surface area contributed by atoms with E-state index in [1.165, 1.54) is 6.42 Å². The van der Waals surface area contributed by atoms with Gasteiger partial charge in [-0.05, 0) is 51.9 Å². The van der Waals surface area contributed by atoms with Crippen molar-refractivity contribution in [2.45, 2.75) is 71.4 Å². The third-order valence-corrected chi connectivity index (χ3v) is 5.16. The second-order valence-corrected chi connectivity index (χ2v) is 6.98.